The molecular formula is C15H23ClN2O. The van der Waals surface area contributed by atoms with E-state index < -0.39 is 0 Å². The van der Waals surface area contributed by atoms with E-state index in [1.165, 1.54) is 6.42 Å². The molecule has 0 saturated carbocycles. The van der Waals surface area contributed by atoms with Crippen LogP contribution in [-0.2, 0) is 6.61 Å². The average Bonchev–Trinajstić information content (AvgIpc) is 2.89. The van der Waals surface area contributed by atoms with E-state index in [0.29, 0.717) is 6.04 Å². The second-order valence-corrected chi connectivity index (χ2v) is 5.48. The molecule has 19 heavy (non-hydrogen) atoms. The molecule has 0 radical (unpaired) electrons. The monoisotopic (exact) mass is 282 g/mol. The minimum atomic E-state index is 0.0684. The summed E-state index contributed by atoms with van der Waals surface area (Å²) in [6, 6.07) is 6.34. The van der Waals surface area contributed by atoms with E-state index >= 15 is 0 Å². The van der Waals surface area contributed by atoms with Gasteiger partial charge in [0.15, 0.2) is 0 Å². The Morgan fingerprint density at radius 2 is 2.11 bits per heavy atom. The minimum Gasteiger partial charge on any atom is -0.392 e. The summed E-state index contributed by atoms with van der Waals surface area (Å²) < 4.78 is 0. The number of benzene rings is 1. The van der Waals surface area contributed by atoms with Crippen LogP contribution in [0.2, 0.25) is 5.02 Å². The number of nitrogens with zero attached hydrogens (tertiary/aromatic N) is 2. The zero-order valence-electron chi connectivity index (χ0n) is 11.8. The number of likely N-dealkylation sites (N-methyl/N-ethyl adjacent to an activating group) is 1. The van der Waals surface area contributed by atoms with Crippen molar-refractivity contribution in [2.75, 3.05) is 31.1 Å². The predicted octanol–water partition coefficient (Wildman–Crippen LogP) is 2.75. The molecule has 0 spiro atoms. The number of anilines is 1. The molecule has 0 aliphatic carbocycles. The quantitative estimate of drug-likeness (QED) is 0.900. The van der Waals surface area contributed by atoms with Gasteiger partial charge in [-0.3, -0.25) is 4.90 Å². The molecule has 1 fully saturated rings. The fourth-order valence-electron chi connectivity index (χ4n) is 2.96. The van der Waals surface area contributed by atoms with Gasteiger partial charge >= 0.3 is 0 Å². The van der Waals surface area contributed by atoms with E-state index in [0.717, 1.165) is 42.5 Å². The van der Waals surface area contributed by atoms with E-state index in [2.05, 4.69) is 23.6 Å². The van der Waals surface area contributed by atoms with Crippen LogP contribution in [0.4, 0.5) is 5.69 Å². The molecule has 2 rings (SSSR count). The molecule has 0 aromatic heterocycles. The summed E-state index contributed by atoms with van der Waals surface area (Å²) in [6.45, 7) is 8.74. The van der Waals surface area contributed by atoms with Crippen molar-refractivity contribution >= 4 is 17.3 Å². The van der Waals surface area contributed by atoms with Gasteiger partial charge in [0.25, 0.3) is 0 Å². The summed E-state index contributed by atoms with van der Waals surface area (Å²) in [5.74, 6) is 0. The van der Waals surface area contributed by atoms with Crippen molar-refractivity contribution in [3.05, 3.63) is 28.8 Å². The van der Waals surface area contributed by atoms with E-state index in [-0.39, 0.29) is 6.61 Å². The second-order valence-electron chi connectivity index (χ2n) is 5.04. The van der Waals surface area contributed by atoms with Gasteiger partial charge in [0.2, 0.25) is 0 Å². The second kappa shape index (κ2) is 6.60. The third kappa shape index (κ3) is 3.22. The normalized spacial score (nSPS) is 19.4. The maximum Gasteiger partial charge on any atom is 0.0702 e. The van der Waals surface area contributed by atoms with Gasteiger partial charge in [-0.2, -0.15) is 0 Å². The van der Waals surface area contributed by atoms with Crippen LogP contribution in [0.1, 0.15) is 25.8 Å². The highest BCUT2D eigenvalue weighted by atomic mass is 35.5. The number of halogens is 1. The molecule has 1 unspecified atom stereocenters. The van der Waals surface area contributed by atoms with Gasteiger partial charge in [-0.05, 0) is 31.6 Å². The lowest BCUT2D eigenvalue weighted by Crippen LogP contribution is -2.37. The molecule has 1 heterocycles. The smallest absolute Gasteiger partial charge is 0.0702 e. The molecule has 1 saturated heterocycles. The fourth-order valence-corrected chi connectivity index (χ4v) is 3.13. The summed E-state index contributed by atoms with van der Waals surface area (Å²) in [4.78, 5) is 4.85. The Hall–Kier alpha value is -0.770. The Balaban J connectivity index is 2.14. The zero-order valence-corrected chi connectivity index (χ0v) is 12.5. The van der Waals surface area contributed by atoms with Gasteiger partial charge in [-0.15, -0.1) is 0 Å². The summed E-state index contributed by atoms with van der Waals surface area (Å²) in [5, 5.41) is 10.2. The summed E-state index contributed by atoms with van der Waals surface area (Å²) in [7, 11) is 0. The Morgan fingerprint density at radius 3 is 2.74 bits per heavy atom. The van der Waals surface area contributed by atoms with Crippen molar-refractivity contribution in [3.63, 3.8) is 0 Å². The highest BCUT2D eigenvalue weighted by molar-refractivity contribution is 6.30. The van der Waals surface area contributed by atoms with Crippen molar-refractivity contribution in [2.45, 2.75) is 32.9 Å². The topological polar surface area (TPSA) is 26.7 Å². The van der Waals surface area contributed by atoms with Crippen LogP contribution in [0.25, 0.3) is 0 Å². The molecule has 4 heteroatoms. The first-order valence-electron chi connectivity index (χ1n) is 7.07. The molecule has 1 aliphatic heterocycles. The first kappa shape index (κ1) is 14.6. The van der Waals surface area contributed by atoms with Crippen molar-refractivity contribution in [2.24, 2.45) is 0 Å². The lowest BCUT2D eigenvalue weighted by Gasteiger charge is -2.27. The van der Waals surface area contributed by atoms with E-state index in [4.69, 9.17) is 11.6 Å². The third-order valence-corrected chi connectivity index (χ3v) is 4.29. The maximum atomic E-state index is 9.46. The lowest BCUT2D eigenvalue weighted by molar-refractivity contribution is 0.232. The molecule has 1 aliphatic rings. The molecule has 0 amide bonds. The molecule has 1 aromatic rings. The van der Waals surface area contributed by atoms with E-state index in [1.807, 2.05) is 18.2 Å². The average molecular weight is 283 g/mol. The molecule has 1 N–H and O–H groups in total. The van der Waals surface area contributed by atoms with Gasteiger partial charge in [0.05, 0.1) is 6.61 Å². The molecule has 106 valence electrons. The predicted molar refractivity (Wildman–Crippen MR) is 80.9 cm³/mol. The van der Waals surface area contributed by atoms with Crippen LogP contribution >= 0.6 is 11.6 Å². The van der Waals surface area contributed by atoms with E-state index in [1.54, 1.807) is 0 Å². The molecule has 0 bridgehead atoms. The van der Waals surface area contributed by atoms with Gasteiger partial charge in [0, 0.05) is 35.4 Å². The number of aliphatic hydroxyl groups is 1. The SMILES string of the molecule is CCN(CC)C1CCN(c2cc(Cl)ccc2CO)C1. The number of rotatable bonds is 5. The standard InChI is InChI=1S/C15H23ClN2O/c1-3-17(4-2)14-7-8-18(10-14)15-9-13(16)6-5-12(15)11-19/h5-6,9,14,19H,3-4,7-8,10-11H2,1-2H3. The van der Waals surface area contributed by atoms with Gasteiger partial charge < -0.3 is 10.0 Å². The maximum absolute atomic E-state index is 9.46. The lowest BCUT2D eigenvalue weighted by atomic mass is 10.1. The van der Waals surface area contributed by atoms with E-state index in [9.17, 15) is 5.11 Å². The Bertz CT molecular complexity index is 421. The fraction of sp³-hybridized carbons (Fsp3) is 0.600. The summed E-state index contributed by atoms with van der Waals surface area (Å²) in [6.07, 6.45) is 1.18. The van der Waals surface area contributed by atoms with Gasteiger partial charge in [-0.25, -0.2) is 0 Å². The van der Waals surface area contributed by atoms with Crippen molar-refractivity contribution in [1.29, 1.82) is 0 Å². The van der Waals surface area contributed by atoms with Crippen LogP contribution in [-0.4, -0.2) is 42.2 Å². The van der Waals surface area contributed by atoms with Crippen LogP contribution in [0.5, 0.6) is 0 Å². The highest BCUT2D eigenvalue weighted by Gasteiger charge is 2.27. The van der Waals surface area contributed by atoms with Crippen molar-refractivity contribution < 1.29 is 5.11 Å². The van der Waals surface area contributed by atoms with Gasteiger partial charge in [0.1, 0.15) is 0 Å². The van der Waals surface area contributed by atoms with Crippen LogP contribution in [0.15, 0.2) is 18.2 Å². The van der Waals surface area contributed by atoms with Crippen molar-refractivity contribution in [3.8, 4) is 0 Å². The molecule has 1 atom stereocenters. The Kier molecular flexibility index (Phi) is 5.08. The van der Waals surface area contributed by atoms with Crippen LogP contribution < -0.4 is 4.90 Å². The minimum absolute atomic E-state index is 0.0684. The number of hydrogen-bond acceptors (Lipinski definition) is 3. The zero-order chi connectivity index (χ0) is 13.8. The van der Waals surface area contributed by atoms with Gasteiger partial charge in [-0.1, -0.05) is 31.5 Å². The summed E-state index contributed by atoms with van der Waals surface area (Å²) >= 11 is 6.09. The third-order valence-electron chi connectivity index (χ3n) is 4.05. The first-order chi connectivity index (χ1) is 9.19. The number of aliphatic hydroxyl groups excluding tert-OH is 1. The van der Waals surface area contributed by atoms with Crippen LogP contribution in [0.3, 0.4) is 0 Å². The number of hydrogen-bond donors (Lipinski definition) is 1. The first-order valence-corrected chi connectivity index (χ1v) is 7.45. The molecule has 3 nitrogen and oxygen atoms in total. The summed E-state index contributed by atoms with van der Waals surface area (Å²) in [5.41, 5.74) is 2.05. The molecule has 1 aromatic carbocycles. The van der Waals surface area contributed by atoms with Crippen LogP contribution in [0, 0.1) is 0 Å². The Labute approximate surface area is 120 Å². The van der Waals surface area contributed by atoms with Crippen molar-refractivity contribution in [1.82, 2.24) is 4.90 Å². The largest absolute Gasteiger partial charge is 0.392 e. The highest BCUT2D eigenvalue weighted by Crippen LogP contribution is 2.29. The Morgan fingerprint density at radius 1 is 1.37 bits per heavy atom. The molecular weight excluding hydrogens is 260 g/mol.